The Morgan fingerprint density at radius 3 is 2.41 bits per heavy atom. The number of hydrogen-bond donors (Lipinski definition) is 1. The van der Waals surface area contributed by atoms with E-state index in [0.29, 0.717) is 30.0 Å². The highest BCUT2D eigenvalue weighted by Crippen LogP contribution is 2.63. The fraction of sp³-hybridized carbons (Fsp3) is 0.773. The zero-order chi connectivity index (χ0) is 19.5. The zero-order valence-corrected chi connectivity index (χ0v) is 16.7. The third-order valence-corrected chi connectivity index (χ3v) is 8.16. The smallest absolute Gasteiger partial charge is 0.271 e. The molecule has 156 valence electrons. The fourth-order valence-corrected chi connectivity index (χ4v) is 6.86. The van der Waals surface area contributed by atoms with Crippen LogP contribution < -0.4 is 5.32 Å². The summed E-state index contributed by atoms with van der Waals surface area (Å²) in [5.41, 5.74) is 0.361. The minimum atomic E-state index is -0.583. The maximum absolute atomic E-state index is 12.2. The molecule has 6 aliphatic rings. The molecule has 0 unspecified atom stereocenters. The van der Waals surface area contributed by atoms with E-state index >= 15 is 0 Å². The van der Waals surface area contributed by atoms with E-state index in [1.807, 2.05) is 0 Å². The van der Waals surface area contributed by atoms with Gasteiger partial charge in [-0.3, -0.25) is 9.78 Å². The molecular formula is C22H29N3O4. The first-order valence-electron chi connectivity index (χ1n) is 11.3. The minimum absolute atomic E-state index is 0.164. The molecule has 0 aromatic carbocycles. The lowest BCUT2D eigenvalue weighted by atomic mass is 9.53. The van der Waals surface area contributed by atoms with Crippen molar-refractivity contribution in [3.05, 3.63) is 24.3 Å². The number of carbonyl (C=O) groups excluding carboxylic acids is 1. The van der Waals surface area contributed by atoms with Crippen molar-refractivity contribution < 1.29 is 19.3 Å². The molecule has 0 atom stereocenters. The normalized spacial score (nSPS) is 45.2. The Morgan fingerprint density at radius 1 is 1.03 bits per heavy atom. The quantitative estimate of drug-likeness (QED) is 0.786. The molecule has 7 heteroatoms. The van der Waals surface area contributed by atoms with Crippen LogP contribution in [-0.2, 0) is 14.5 Å². The van der Waals surface area contributed by atoms with E-state index < -0.39 is 11.6 Å². The summed E-state index contributed by atoms with van der Waals surface area (Å²) in [4.78, 5) is 32.3. The number of aromatic nitrogens is 2. The van der Waals surface area contributed by atoms with Gasteiger partial charge in [-0.2, -0.15) is 9.78 Å². The maximum atomic E-state index is 12.2. The predicted octanol–water partition coefficient (Wildman–Crippen LogP) is 3.22. The molecule has 7 rings (SSSR count). The van der Waals surface area contributed by atoms with Gasteiger partial charge < -0.3 is 10.1 Å². The number of nitrogens with zero attached hydrogens (tertiary/aromatic N) is 2. The Morgan fingerprint density at radius 2 is 1.76 bits per heavy atom. The van der Waals surface area contributed by atoms with Gasteiger partial charge in [0.1, 0.15) is 5.69 Å². The first-order valence-corrected chi connectivity index (χ1v) is 11.3. The summed E-state index contributed by atoms with van der Waals surface area (Å²) in [5, 5.41) is 2.99. The van der Waals surface area contributed by atoms with Gasteiger partial charge in [0.15, 0.2) is 0 Å². The second-order valence-corrected chi connectivity index (χ2v) is 9.95. The van der Waals surface area contributed by atoms with Gasteiger partial charge in [0.2, 0.25) is 11.6 Å². The minimum Gasteiger partial charge on any atom is -0.350 e. The average molecular weight is 399 g/mol. The van der Waals surface area contributed by atoms with Gasteiger partial charge in [-0.05, 0) is 62.7 Å². The lowest BCUT2D eigenvalue weighted by molar-refractivity contribution is -0.390. The van der Waals surface area contributed by atoms with Crippen LogP contribution in [0.5, 0.6) is 0 Å². The van der Waals surface area contributed by atoms with E-state index in [9.17, 15) is 4.79 Å². The summed E-state index contributed by atoms with van der Waals surface area (Å²) in [6.45, 7) is 0.645. The van der Waals surface area contributed by atoms with Crippen molar-refractivity contribution in [3.63, 3.8) is 0 Å². The van der Waals surface area contributed by atoms with Crippen LogP contribution in [0, 0.1) is 29.6 Å². The van der Waals surface area contributed by atoms with E-state index in [0.717, 1.165) is 37.5 Å². The van der Waals surface area contributed by atoms with Gasteiger partial charge in [0.25, 0.3) is 5.91 Å². The van der Waals surface area contributed by atoms with Crippen LogP contribution in [0.2, 0.25) is 0 Å². The van der Waals surface area contributed by atoms with Gasteiger partial charge in [-0.1, -0.05) is 0 Å². The second kappa shape index (κ2) is 6.72. The highest BCUT2D eigenvalue weighted by Gasteiger charge is 2.66. The summed E-state index contributed by atoms with van der Waals surface area (Å²) >= 11 is 0. The molecule has 4 bridgehead atoms. The third kappa shape index (κ3) is 3.01. The molecule has 5 aliphatic carbocycles. The van der Waals surface area contributed by atoms with Gasteiger partial charge >= 0.3 is 0 Å². The first-order chi connectivity index (χ1) is 14.1. The molecule has 5 saturated carbocycles. The van der Waals surface area contributed by atoms with Crippen molar-refractivity contribution in [3.8, 4) is 0 Å². The Balaban J connectivity index is 1.06. The Kier molecular flexibility index (Phi) is 4.22. The lowest BCUT2D eigenvalue weighted by Gasteiger charge is -2.57. The molecule has 1 N–H and O–H groups in total. The van der Waals surface area contributed by atoms with Crippen LogP contribution in [0.1, 0.15) is 68.3 Å². The predicted molar refractivity (Wildman–Crippen MR) is 102 cm³/mol. The zero-order valence-electron chi connectivity index (χ0n) is 16.7. The largest absolute Gasteiger partial charge is 0.350 e. The molecule has 0 radical (unpaired) electrons. The van der Waals surface area contributed by atoms with Crippen LogP contribution in [-0.4, -0.2) is 34.0 Å². The molecule has 2 heterocycles. The first kappa shape index (κ1) is 18.2. The van der Waals surface area contributed by atoms with E-state index in [1.165, 1.54) is 44.5 Å². The van der Waals surface area contributed by atoms with Gasteiger partial charge in [0, 0.05) is 43.6 Å². The lowest BCUT2D eigenvalue weighted by Crippen LogP contribution is -2.59. The van der Waals surface area contributed by atoms with Gasteiger partial charge in [-0.15, -0.1) is 0 Å². The van der Waals surface area contributed by atoms with Crippen LogP contribution in [0.15, 0.2) is 18.6 Å². The number of nitrogens with one attached hydrogen (secondary N) is 1. The van der Waals surface area contributed by atoms with Crippen molar-refractivity contribution in [1.82, 2.24) is 15.3 Å². The molecule has 7 nitrogen and oxygen atoms in total. The second-order valence-electron chi connectivity index (χ2n) is 9.95. The molecule has 1 aromatic heterocycles. The standard InChI is InChI=1S/C22H29N3O4/c26-20(19-13-23-5-6-24-19)25-12-14-1-3-21(4-2-14)27-22(29-28-21)17-8-15-7-16(10-17)11-18(22)9-15/h5-6,13-18H,1-4,7-12H2,(H,25,26). The van der Waals surface area contributed by atoms with E-state index in [2.05, 4.69) is 15.3 Å². The summed E-state index contributed by atoms with van der Waals surface area (Å²) in [5.74, 6) is 1.94. The van der Waals surface area contributed by atoms with Crippen molar-refractivity contribution in [2.24, 2.45) is 29.6 Å². The number of rotatable bonds is 3. The van der Waals surface area contributed by atoms with Gasteiger partial charge in [0.05, 0.1) is 6.20 Å². The molecule has 29 heavy (non-hydrogen) atoms. The van der Waals surface area contributed by atoms with Crippen LogP contribution >= 0.6 is 0 Å². The van der Waals surface area contributed by atoms with Crippen LogP contribution in [0.4, 0.5) is 0 Å². The summed E-state index contributed by atoms with van der Waals surface area (Å²) in [7, 11) is 0. The fourth-order valence-electron chi connectivity index (χ4n) is 6.86. The number of amides is 1. The molecule has 1 amide bonds. The molecular weight excluding hydrogens is 370 g/mol. The van der Waals surface area contributed by atoms with Crippen molar-refractivity contribution in [2.75, 3.05) is 6.54 Å². The summed E-state index contributed by atoms with van der Waals surface area (Å²) in [6.07, 6.45) is 14.5. The number of hydrogen-bond acceptors (Lipinski definition) is 6. The van der Waals surface area contributed by atoms with E-state index in [1.54, 1.807) is 6.20 Å². The molecule has 1 aromatic rings. The van der Waals surface area contributed by atoms with Crippen molar-refractivity contribution in [1.29, 1.82) is 0 Å². The van der Waals surface area contributed by atoms with E-state index in [-0.39, 0.29) is 5.91 Å². The highest BCUT2D eigenvalue weighted by atomic mass is 17.3. The van der Waals surface area contributed by atoms with Gasteiger partial charge in [-0.25, -0.2) is 4.98 Å². The molecule has 6 fully saturated rings. The maximum Gasteiger partial charge on any atom is 0.271 e. The number of carbonyl (C=O) groups is 1. The monoisotopic (exact) mass is 399 g/mol. The number of ether oxygens (including phenoxy) is 1. The molecule has 2 spiro atoms. The van der Waals surface area contributed by atoms with Crippen molar-refractivity contribution >= 4 is 5.91 Å². The highest BCUT2D eigenvalue weighted by molar-refractivity contribution is 5.91. The average Bonchev–Trinajstić information content (AvgIpc) is 3.12. The van der Waals surface area contributed by atoms with Crippen LogP contribution in [0.3, 0.4) is 0 Å². The van der Waals surface area contributed by atoms with E-state index in [4.69, 9.17) is 14.5 Å². The Bertz CT molecular complexity index is 750. The van der Waals surface area contributed by atoms with Crippen LogP contribution in [0.25, 0.3) is 0 Å². The molecule has 1 saturated heterocycles. The Hall–Kier alpha value is -1.57. The summed E-state index contributed by atoms with van der Waals surface area (Å²) in [6, 6.07) is 0. The SMILES string of the molecule is O=C(NCC1CCC2(CC1)OOC1(O2)C2CC3CC(C2)CC1C3)c1cnccn1. The molecule has 1 aliphatic heterocycles. The summed E-state index contributed by atoms with van der Waals surface area (Å²) < 4.78 is 6.75. The Labute approximate surface area is 170 Å². The van der Waals surface area contributed by atoms with Crippen molar-refractivity contribution in [2.45, 2.75) is 69.4 Å². The topological polar surface area (TPSA) is 82.6 Å². The third-order valence-electron chi connectivity index (χ3n) is 8.16.